The van der Waals surface area contributed by atoms with E-state index in [0.717, 1.165) is 26.3 Å². The van der Waals surface area contributed by atoms with Gasteiger partial charge in [-0.15, -0.1) is 0 Å². The summed E-state index contributed by atoms with van der Waals surface area (Å²) in [5, 5.41) is 0. The third-order valence-corrected chi connectivity index (χ3v) is 3.19. The summed E-state index contributed by atoms with van der Waals surface area (Å²) in [5.41, 5.74) is 8.27. The summed E-state index contributed by atoms with van der Waals surface area (Å²) in [4.78, 5) is 2.36. The molecule has 0 bridgehead atoms. The average molecular weight is 220 g/mol. The summed E-state index contributed by atoms with van der Waals surface area (Å²) in [6.45, 7) is 6.51. The molecule has 0 spiro atoms. The lowest BCUT2D eigenvalue weighted by Crippen LogP contribution is -2.36. The molecule has 1 aromatic rings. The Morgan fingerprint density at radius 1 is 1.25 bits per heavy atom. The van der Waals surface area contributed by atoms with Crippen LogP contribution in [0.25, 0.3) is 0 Å². The third-order valence-electron chi connectivity index (χ3n) is 3.19. The van der Waals surface area contributed by atoms with Crippen LogP contribution in [0.2, 0.25) is 0 Å². The van der Waals surface area contributed by atoms with Gasteiger partial charge in [-0.05, 0) is 30.2 Å². The molecule has 0 saturated carbocycles. The molecule has 0 amide bonds. The lowest BCUT2D eigenvalue weighted by molar-refractivity contribution is 0.122. The van der Waals surface area contributed by atoms with Crippen LogP contribution in [0, 0.1) is 0 Å². The van der Waals surface area contributed by atoms with Crippen LogP contribution >= 0.6 is 0 Å². The van der Waals surface area contributed by atoms with Gasteiger partial charge in [0.25, 0.3) is 0 Å². The zero-order valence-electron chi connectivity index (χ0n) is 9.86. The summed E-state index contributed by atoms with van der Waals surface area (Å²) in [7, 11) is 0. The van der Waals surface area contributed by atoms with Crippen molar-refractivity contribution in [1.29, 1.82) is 0 Å². The van der Waals surface area contributed by atoms with E-state index in [-0.39, 0.29) is 0 Å². The molecule has 0 aromatic heterocycles. The molecule has 1 aromatic carbocycles. The number of nitrogens with zero attached hydrogens (tertiary/aromatic N) is 1. The minimum absolute atomic E-state index is 0.443. The molecule has 1 atom stereocenters. The second-order valence-electron chi connectivity index (χ2n) is 4.33. The quantitative estimate of drug-likeness (QED) is 0.840. The van der Waals surface area contributed by atoms with Gasteiger partial charge in [0.05, 0.1) is 13.2 Å². The fourth-order valence-electron chi connectivity index (χ4n) is 1.97. The highest BCUT2D eigenvalue weighted by Gasteiger charge is 2.11. The first-order valence-electron chi connectivity index (χ1n) is 5.94. The SMILES string of the molecule is CC(CN)c1ccc(N2CCOCC2)cc1. The van der Waals surface area contributed by atoms with E-state index < -0.39 is 0 Å². The van der Waals surface area contributed by atoms with Gasteiger partial charge in [-0.1, -0.05) is 19.1 Å². The molecule has 1 heterocycles. The fraction of sp³-hybridized carbons (Fsp3) is 0.538. The van der Waals surface area contributed by atoms with Crippen molar-refractivity contribution in [2.75, 3.05) is 37.7 Å². The molecule has 2 N–H and O–H groups in total. The largest absolute Gasteiger partial charge is 0.378 e. The number of rotatable bonds is 3. The first-order chi connectivity index (χ1) is 7.81. The van der Waals surface area contributed by atoms with Gasteiger partial charge in [0.1, 0.15) is 0 Å². The van der Waals surface area contributed by atoms with Gasteiger partial charge >= 0.3 is 0 Å². The molecule has 3 nitrogen and oxygen atoms in total. The number of hydrogen-bond donors (Lipinski definition) is 1. The van der Waals surface area contributed by atoms with E-state index >= 15 is 0 Å². The van der Waals surface area contributed by atoms with E-state index in [2.05, 4.69) is 36.1 Å². The molecule has 1 aliphatic heterocycles. The zero-order chi connectivity index (χ0) is 11.4. The maximum absolute atomic E-state index is 5.66. The molecule has 3 heteroatoms. The summed E-state index contributed by atoms with van der Waals surface area (Å²) in [6.07, 6.45) is 0. The van der Waals surface area contributed by atoms with Gasteiger partial charge in [-0.25, -0.2) is 0 Å². The van der Waals surface area contributed by atoms with E-state index in [9.17, 15) is 0 Å². The van der Waals surface area contributed by atoms with Gasteiger partial charge in [-0.3, -0.25) is 0 Å². The minimum atomic E-state index is 0.443. The Kier molecular flexibility index (Phi) is 3.80. The van der Waals surface area contributed by atoms with Crippen molar-refractivity contribution in [1.82, 2.24) is 0 Å². The van der Waals surface area contributed by atoms with E-state index in [4.69, 9.17) is 10.5 Å². The van der Waals surface area contributed by atoms with Gasteiger partial charge in [0.2, 0.25) is 0 Å². The van der Waals surface area contributed by atoms with E-state index in [1.807, 2.05) is 0 Å². The lowest BCUT2D eigenvalue weighted by Gasteiger charge is -2.29. The lowest BCUT2D eigenvalue weighted by atomic mass is 10.0. The van der Waals surface area contributed by atoms with Crippen molar-refractivity contribution in [3.05, 3.63) is 29.8 Å². The summed E-state index contributed by atoms with van der Waals surface area (Å²) < 4.78 is 5.34. The first kappa shape index (κ1) is 11.4. The number of morpholine rings is 1. The van der Waals surface area contributed by atoms with E-state index in [1.165, 1.54) is 11.3 Å². The first-order valence-corrected chi connectivity index (χ1v) is 5.94. The second-order valence-corrected chi connectivity index (χ2v) is 4.33. The van der Waals surface area contributed by atoms with Crippen molar-refractivity contribution >= 4 is 5.69 Å². The molecule has 0 radical (unpaired) electrons. The summed E-state index contributed by atoms with van der Waals surface area (Å²) >= 11 is 0. The highest BCUT2D eigenvalue weighted by molar-refractivity contribution is 5.48. The number of nitrogens with two attached hydrogens (primary N) is 1. The van der Waals surface area contributed by atoms with Crippen LogP contribution in [0.3, 0.4) is 0 Å². The number of benzene rings is 1. The zero-order valence-corrected chi connectivity index (χ0v) is 9.86. The molecule has 88 valence electrons. The minimum Gasteiger partial charge on any atom is -0.378 e. The van der Waals surface area contributed by atoms with E-state index in [0.29, 0.717) is 12.5 Å². The van der Waals surface area contributed by atoms with E-state index in [1.54, 1.807) is 0 Å². The van der Waals surface area contributed by atoms with Crippen LogP contribution in [0.5, 0.6) is 0 Å². The average Bonchev–Trinajstić information content (AvgIpc) is 2.39. The van der Waals surface area contributed by atoms with Gasteiger partial charge in [0.15, 0.2) is 0 Å². The molecule has 1 saturated heterocycles. The van der Waals surface area contributed by atoms with Crippen LogP contribution in [0.4, 0.5) is 5.69 Å². The molecule has 16 heavy (non-hydrogen) atoms. The van der Waals surface area contributed by atoms with Crippen LogP contribution < -0.4 is 10.6 Å². The van der Waals surface area contributed by atoms with Crippen LogP contribution in [0.15, 0.2) is 24.3 Å². The highest BCUT2D eigenvalue weighted by Crippen LogP contribution is 2.20. The Morgan fingerprint density at radius 2 is 1.88 bits per heavy atom. The topological polar surface area (TPSA) is 38.5 Å². The van der Waals surface area contributed by atoms with Crippen molar-refractivity contribution in [3.63, 3.8) is 0 Å². The predicted octanol–water partition coefficient (Wildman–Crippen LogP) is 1.59. The maximum Gasteiger partial charge on any atom is 0.0642 e. The van der Waals surface area contributed by atoms with Gasteiger partial charge in [0, 0.05) is 18.8 Å². The van der Waals surface area contributed by atoms with Crippen LogP contribution in [-0.4, -0.2) is 32.8 Å². The number of ether oxygens (including phenoxy) is 1. The maximum atomic E-state index is 5.66. The molecule has 1 unspecified atom stereocenters. The van der Waals surface area contributed by atoms with Gasteiger partial charge < -0.3 is 15.4 Å². The standard InChI is InChI=1S/C13H20N2O/c1-11(10-14)12-2-4-13(5-3-12)15-6-8-16-9-7-15/h2-5,11H,6-10,14H2,1H3. The smallest absolute Gasteiger partial charge is 0.0642 e. The fourth-order valence-corrected chi connectivity index (χ4v) is 1.97. The third kappa shape index (κ3) is 2.54. The Hall–Kier alpha value is -1.06. The Labute approximate surface area is 97.2 Å². The monoisotopic (exact) mass is 220 g/mol. The van der Waals surface area contributed by atoms with Gasteiger partial charge in [-0.2, -0.15) is 0 Å². The normalized spacial score (nSPS) is 18.5. The van der Waals surface area contributed by atoms with Crippen molar-refractivity contribution in [2.24, 2.45) is 5.73 Å². The number of hydrogen-bond acceptors (Lipinski definition) is 3. The Balaban J connectivity index is 2.06. The Bertz CT molecular complexity index is 317. The highest BCUT2D eigenvalue weighted by atomic mass is 16.5. The molecular weight excluding hydrogens is 200 g/mol. The Morgan fingerprint density at radius 3 is 2.44 bits per heavy atom. The van der Waals surface area contributed by atoms with Crippen molar-refractivity contribution in [2.45, 2.75) is 12.8 Å². The van der Waals surface area contributed by atoms with Crippen molar-refractivity contribution in [3.8, 4) is 0 Å². The van der Waals surface area contributed by atoms with Crippen molar-refractivity contribution < 1.29 is 4.74 Å². The molecular formula is C13H20N2O. The molecule has 1 fully saturated rings. The van der Waals surface area contributed by atoms with Crippen LogP contribution in [-0.2, 0) is 4.74 Å². The van der Waals surface area contributed by atoms with Crippen LogP contribution in [0.1, 0.15) is 18.4 Å². The molecule has 2 rings (SSSR count). The molecule has 1 aliphatic rings. The number of anilines is 1. The second kappa shape index (κ2) is 5.32. The predicted molar refractivity (Wildman–Crippen MR) is 66.9 cm³/mol. The molecule has 0 aliphatic carbocycles. The summed E-state index contributed by atoms with van der Waals surface area (Å²) in [5.74, 6) is 0.443. The summed E-state index contributed by atoms with van der Waals surface area (Å²) in [6, 6.07) is 8.74.